The Balaban J connectivity index is 1.64. The number of nitrogens with two attached hydrogens (primary N) is 1. The summed E-state index contributed by atoms with van der Waals surface area (Å²) in [7, 11) is 0. The third kappa shape index (κ3) is 3.80. The average Bonchev–Trinajstić information content (AvgIpc) is 2.90. The number of nitrogens with zero attached hydrogens (tertiary/aromatic N) is 3. The van der Waals surface area contributed by atoms with Crippen molar-refractivity contribution in [2.45, 2.75) is 32.2 Å². The predicted molar refractivity (Wildman–Crippen MR) is 67.5 cm³/mol. The second-order valence-electron chi connectivity index (χ2n) is 5.02. The molecule has 1 amide bonds. The normalized spacial score (nSPS) is 23.8. The van der Waals surface area contributed by atoms with Crippen molar-refractivity contribution in [3.8, 4) is 0 Å². The molecule has 0 spiro atoms. The summed E-state index contributed by atoms with van der Waals surface area (Å²) in [5.74, 6) is 1.29. The summed E-state index contributed by atoms with van der Waals surface area (Å²) in [6.45, 7) is 1.81. The van der Waals surface area contributed by atoms with E-state index in [1.54, 1.807) is 6.33 Å². The number of carbonyl (C=O) groups excluding carboxylic acids is 1. The number of aromatic nitrogens is 3. The minimum absolute atomic E-state index is 0.00134. The van der Waals surface area contributed by atoms with Crippen LogP contribution in [-0.2, 0) is 11.3 Å². The molecule has 18 heavy (non-hydrogen) atoms. The quantitative estimate of drug-likeness (QED) is 0.780. The fraction of sp³-hybridized carbons (Fsp3) is 0.750. The van der Waals surface area contributed by atoms with E-state index in [9.17, 15) is 4.79 Å². The van der Waals surface area contributed by atoms with Gasteiger partial charge in [0.05, 0.1) is 0 Å². The van der Waals surface area contributed by atoms with E-state index in [-0.39, 0.29) is 12.5 Å². The van der Waals surface area contributed by atoms with Gasteiger partial charge in [0.1, 0.15) is 19.2 Å². The fourth-order valence-corrected chi connectivity index (χ4v) is 2.45. The first-order valence-corrected chi connectivity index (χ1v) is 6.57. The van der Waals surface area contributed by atoms with Gasteiger partial charge in [-0.2, -0.15) is 5.10 Å². The Morgan fingerprint density at radius 2 is 2.06 bits per heavy atom. The summed E-state index contributed by atoms with van der Waals surface area (Å²) >= 11 is 0. The maximum Gasteiger partial charge on any atom is 0.241 e. The Labute approximate surface area is 107 Å². The standard InChI is InChI=1S/C12H21N5O/c13-5-10-1-3-11(4-2-10)6-15-12(18)7-17-9-14-8-16-17/h8-11H,1-7,13H2,(H,15,18). The van der Waals surface area contributed by atoms with E-state index in [1.807, 2.05) is 0 Å². The molecule has 0 bridgehead atoms. The van der Waals surface area contributed by atoms with Crippen molar-refractivity contribution in [1.29, 1.82) is 0 Å². The summed E-state index contributed by atoms with van der Waals surface area (Å²) in [5, 5.41) is 6.87. The molecule has 1 fully saturated rings. The van der Waals surface area contributed by atoms with E-state index >= 15 is 0 Å². The van der Waals surface area contributed by atoms with E-state index in [1.165, 1.54) is 36.7 Å². The zero-order valence-corrected chi connectivity index (χ0v) is 10.6. The molecule has 0 unspecified atom stereocenters. The molecule has 0 saturated heterocycles. The van der Waals surface area contributed by atoms with Gasteiger partial charge in [-0.3, -0.25) is 4.79 Å². The number of rotatable bonds is 5. The molecule has 1 heterocycles. The van der Waals surface area contributed by atoms with Gasteiger partial charge < -0.3 is 11.1 Å². The highest BCUT2D eigenvalue weighted by Crippen LogP contribution is 2.27. The van der Waals surface area contributed by atoms with Crippen molar-refractivity contribution in [2.24, 2.45) is 17.6 Å². The van der Waals surface area contributed by atoms with Crippen molar-refractivity contribution in [3.63, 3.8) is 0 Å². The zero-order chi connectivity index (χ0) is 12.8. The molecule has 1 saturated carbocycles. The molecule has 1 aliphatic carbocycles. The summed E-state index contributed by atoms with van der Waals surface area (Å²) in [4.78, 5) is 15.5. The lowest BCUT2D eigenvalue weighted by Gasteiger charge is -2.27. The SMILES string of the molecule is NCC1CCC(CNC(=O)Cn2cncn2)CC1. The zero-order valence-electron chi connectivity index (χ0n) is 10.6. The lowest BCUT2D eigenvalue weighted by molar-refractivity contribution is -0.122. The highest BCUT2D eigenvalue weighted by atomic mass is 16.2. The van der Waals surface area contributed by atoms with Gasteiger partial charge in [-0.15, -0.1) is 0 Å². The second kappa shape index (κ2) is 6.49. The predicted octanol–water partition coefficient (Wildman–Crippen LogP) is 0.159. The highest BCUT2D eigenvalue weighted by molar-refractivity contribution is 5.75. The molecule has 1 aromatic heterocycles. The number of nitrogens with one attached hydrogen (secondary N) is 1. The van der Waals surface area contributed by atoms with Crippen LogP contribution in [0.2, 0.25) is 0 Å². The van der Waals surface area contributed by atoms with Crippen LogP contribution in [0, 0.1) is 11.8 Å². The van der Waals surface area contributed by atoms with Crippen LogP contribution in [0.4, 0.5) is 0 Å². The summed E-state index contributed by atoms with van der Waals surface area (Å²) < 4.78 is 1.53. The van der Waals surface area contributed by atoms with Gasteiger partial charge in [0.15, 0.2) is 0 Å². The van der Waals surface area contributed by atoms with Crippen LogP contribution in [0.5, 0.6) is 0 Å². The number of amides is 1. The Morgan fingerprint density at radius 1 is 1.33 bits per heavy atom. The van der Waals surface area contributed by atoms with Crippen LogP contribution in [0.15, 0.2) is 12.7 Å². The van der Waals surface area contributed by atoms with Crippen LogP contribution in [0.1, 0.15) is 25.7 Å². The Morgan fingerprint density at radius 3 is 2.67 bits per heavy atom. The van der Waals surface area contributed by atoms with Gasteiger partial charge in [-0.05, 0) is 44.1 Å². The molecule has 2 rings (SSSR count). The van der Waals surface area contributed by atoms with Gasteiger partial charge >= 0.3 is 0 Å². The Kier molecular flexibility index (Phi) is 4.69. The van der Waals surface area contributed by atoms with Crippen LogP contribution in [0.3, 0.4) is 0 Å². The average molecular weight is 251 g/mol. The van der Waals surface area contributed by atoms with Gasteiger partial charge in [-0.25, -0.2) is 9.67 Å². The highest BCUT2D eigenvalue weighted by Gasteiger charge is 2.20. The molecule has 1 aliphatic rings. The van der Waals surface area contributed by atoms with Crippen molar-refractivity contribution in [3.05, 3.63) is 12.7 Å². The van der Waals surface area contributed by atoms with Crippen molar-refractivity contribution >= 4 is 5.91 Å². The summed E-state index contributed by atoms with van der Waals surface area (Å²) in [5.41, 5.74) is 5.66. The largest absolute Gasteiger partial charge is 0.354 e. The van der Waals surface area contributed by atoms with Gasteiger partial charge in [0, 0.05) is 6.54 Å². The first kappa shape index (κ1) is 13.0. The van der Waals surface area contributed by atoms with Crippen molar-refractivity contribution in [1.82, 2.24) is 20.1 Å². The topological polar surface area (TPSA) is 85.8 Å². The third-order valence-corrected chi connectivity index (χ3v) is 3.66. The summed E-state index contributed by atoms with van der Waals surface area (Å²) in [6.07, 6.45) is 7.71. The first-order chi connectivity index (χ1) is 8.78. The van der Waals surface area contributed by atoms with Crippen LogP contribution in [-0.4, -0.2) is 33.8 Å². The van der Waals surface area contributed by atoms with E-state index in [0.717, 1.165) is 13.1 Å². The molecule has 1 aromatic rings. The maximum absolute atomic E-state index is 11.7. The van der Waals surface area contributed by atoms with Crippen LogP contribution in [0.25, 0.3) is 0 Å². The molecule has 0 radical (unpaired) electrons. The van der Waals surface area contributed by atoms with E-state index in [0.29, 0.717) is 11.8 Å². The van der Waals surface area contributed by atoms with Crippen LogP contribution < -0.4 is 11.1 Å². The molecule has 3 N–H and O–H groups in total. The number of hydrogen-bond acceptors (Lipinski definition) is 4. The lowest BCUT2D eigenvalue weighted by Crippen LogP contribution is -2.34. The first-order valence-electron chi connectivity index (χ1n) is 6.57. The number of carbonyl (C=O) groups is 1. The molecule has 0 aromatic carbocycles. The molecule has 0 aliphatic heterocycles. The monoisotopic (exact) mass is 251 g/mol. The van der Waals surface area contributed by atoms with Gasteiger partial charge in [0.25, 0.3) is 0 Å². The maximum atomic E-state index is 11.7. The molecular weight excluding hydrogens is 230 g/mol. The third-order valence-electron chi connectivity index (χ3n) is 3.66. The lowest BCUT2D eigenvalue weighted by atomic mass is 9.82. The minimum Gasteiger partial charge on any atom is -0.354 e. The molecular formula is C12H21N5O. The second-order valence-corrected chi connectivity index (χ2v) is 5.02. The molecule has 0 atom stereocenters. The molecule has 6 nitrogen and oxygen atoms in total. The van der Waals surface area contributed by atoms with Crippen molar-refractivity contribution < 1.29 is 4.79 Å². The molecule has 100 valence electrons. The smallest absolute Gasteiger partial charge is 0.241 e. The number of hydrogen-bond donors (Lipinski definition) is 2. The van der Waals surface area contributed by atoms with Crippen molar-refractivity contribution in [2.75, 3.05) is 13.1 Å². The van der Waals surface area contributed by atoms with Gasteiger partial charge in [-0.1, -0.05) is 0 Å². The Hall–Kier alpha value is -1.43. The van der Waals surface area contributed by atoms with E-state index < -0.39 is 0 Å². The van der Waals surface area contributed by atoms with Gasteiger partial charge in [0.2, 0.25) is 5.91 Å². The Bertz CT molecular complexity index is 357. The van der Waals surface area contributed by atoms with E-state index in [4.69, 9.17) is 5.73 Å². The van der Waals surface area contributed by atoms with Crippen LogP contribution >= 0.6 is 0 Å². The fourth-order valence-electron chi connectivity index (χ4n) is 2.45. The minimum atomic E-state index is 0.00134. The molecule has 6 heteroatoms. The summed E-state index contributed by atoms with van der Waals surface area (Å²) in [6, 6.07) is 0. The van der Waals surface area contributed by atoms with E-state index in [2.05, 4.69) is 15.4 Å².